The lowest BCUT2D eigenvalue weighted by Crippen LogP contribution is -2.14. The van der Waals surface area contributed by atoms with Crippen LogP contribution in [0.5, 0.6) is 0 Å². The van der Waals surface area contributed by atoms with Crippen molar-refractivity contribution in [2.45, 2.75) is 6.42 Å². The Kier molecular flexibility index (Phi) is 3.89. The van der Waals surface area contributed by atoms with E-state index in [-0.39, 0.29) is 11.3 Å². The van der Waals surface area contributed by atoms with Crippen LogP contribution < -0.4 is 5.32 Å². The quantitative estimate of drug-likeness (QED) is 0.868. The second-order valence-electron chi connectivity index (χ2n) is 4.11. The van der Waals surface area contributed by atoms with Crippen molar-refractivity contribution >= 4 is 23.4 Å². The average Bonchev–Trinajstić information content (AvgIpc) is 2.80. The third-order valence-corrected chi connectivity index (χ3v) is 4.05. The zero-order valence-corrected chi connectivity index (χ0v) is 10.1. The fourth-order valence-corrected chi connectivity index (χ4v) is 3.08. The maximum atomic E-state index is 13.4. The molecule has 0 radical (unpaired) electrons. The minimum atomic E-state index is -1.04. The molecule has 1 atom stereocenters. The Labute approximate surface area is 103 Å². The van der Waals surface area contributed by atoms with Crippen LogP contribution in [0.1, 0.15) is 16.8 Å². The molecule has 1 fully saturated rings. The van der Waals surface area contributed by atoms with Crippen LogP contribution in [0.25, 0.3) is 0 Å². The molecule has 1 aromatic carbocycles. The monoisotopic (exact) mass is 255 g/mol. The SMILES string of the molecule is O=C(O)c1ccc(F)c(NCC2CCSC2)c1. The van der Waals surface area contributed by atoms with Gasteiger partial charge in [-0.15, -0.1) is 0 Å². The van der Waals surface area contributed by atoms with Gasteiger partial charge >= 0.3 is 5.97 Å². The molecule has 1 aliphatic rings. The molecule has 5 heteroatoms. The van der Waals surface area contributed by atoms with E-state index in [1.165, 1.54) is 18.2 Å². The standard InChI is InChI=1S/C12H14FNO2S/c13-10-2-1-9(12(15)16)5-11(10)14-6-8-3-4-17-7-8/h1-2,5,8,14H,3-4,6-7H2,(H,15,16). The highest BCUT2D eigenvalue weighted by Crippen LogP contribution is 2.24. The number of hydrogen-bond acceptors (Lipinski definition) is 3. The van der Waals surface area contributed by atoms with E-state index in [1.54, 1.807) is 0 Å². The van der Waals surface area contributed by atoms with Gasteiger partial charge in [0.25, 0.3) is 0 Å². The number of rotatable bonds is 4. The predicted molar refractivity (Wildman–Crippen MR) is 67.3 cm³/mol. The first kappa shape index (κ1) is 12.2. The number of thioether (sulfide) groups is 1. The molecular formula is C12H14FNO2S. The van der Waals surface area contributed by atoms with Crippen LogP contribution >= 0.6 is 11.8 Å². The second-order valence-corrected chi connectivity index (χ2v) is 5.26. The van der Waals surface area contributed by atoms with Crippen molar-refractivity contribution in [2.24, 2.45) is 5.92 Å². The van der Waals surface area contributed by atoms with Crippen molar-refractivity contribution in [3.8, 4) is 0 Å². The van der Waals surface area contributed by atoms with Crippen LogP contribution in [0.2, 0.25) is 0 Å². The van der Waals surface area contributed by atoms with E-state index in [4.69, 9.17) is 5.11 Å². The van der Waals surface area contributed by atoms with E-state index in [1.807, 2.05) is 11.8 Å². The number of carboxylic acid groups (broad SMARTS) is 1. The molecule has 1 saturated heterocycles. The van der Waals surface area contributed by atoms with Gasteiger partial charge < -0.3 is 10.4 Å². The molecule has 2 N–H and O–H groups in total. The van der Waals surface area contributed by atoms with Crippen LogP contribution in [0.4, 0.5) is 10.1 Å². The van der Waals surface area contributed by atoms with Crippen LogP contribution in [-0.4, -0.2) is 29.1 Å². The smallest absolute Gasteiger partial charge is 0.335 e. The topological polar surface area (TPSA) is 49.3 Å². The third kappa shape index (κ3) is 3.12. The van der Waals surface area contributed by atoms with Gasteiger partial charge in [-0.25, -0.2) is 9.18 Å². The van der Waals surface area contributed by atoms with Gasteiger partial charge in [-0.3, -0.25) is 0 Å². The second kappa shape index (κ2) is 5.40. The third-order valence-electron chi connectivity index (χ3n) is 2.82. The highest BCUT2D eigenvalue weighted by molar-refractivity contribution is 7.99. The van der Waals surface area contributed by atoms with Crippen LogP contribution in [0, 0.1) is 11.7 Å². The number of carbonyl (C=O) groups is 1. The summed E-state index contributed by atoms with van der Waals surface area (Å²) < 4.78 is 13.4. The summed E-state index contributed by atoms with van der Waals surface area (Å²) in [7, 11) is 0. The fraction of sp³-hybridized carbons (Fsp3) is 0.417. The highest BCUT2D eigenvalue weighted by Gasteiger charge is 2.16. The lowest BCUT2D eigenvalue weighted by molar-refractivity contribution is 0.0697. The summed E-state index contributed by atoms with van der Waals surface area (Å²) >= 11 is 1.90. The van der Waals surface area contributed by atoms with Gasteiger partial charge in [-0.2, -0.15) is 11.8 Å². The first-order valence-electron chi connectivity index (χ1n) is 5.51. The highest BCUT2D eigenvalue weighted by atomic mass is 32.2. The Balaban J connectivity index is 2.03. The maximum absolute atomic E-state index is 13.4. The Morgan fingerprint density at radius 3 is 3.06 bits per heavy atom. The number of benzene rings is 1. The Morgan fingerprint density at radius 1 is 1.59 bits per heavy atom. The largest absolute Gasteiger partial charge is 0.478 e. The first-order chi connectivity index (χ1) is 8.16. The van der Waals surface area contributed by atoms with E-state index in [0.29, 0.717) is 12.5 Å². The van der Waals surface area contributed by atoms with Crippen LogP contribution in [0.15, 0.2) is 18.2 Å². The number of carboxylic acids is 1. The zero-order chi connectivity index (χ0) is 12.3. The normalized spacial score (nSPS) is 19.2. The summed E-state index contributed by atoms with van der Waals surface area (Å²) in [4.78, 5) is 10.8. The van der Waals surface area contributed by atoms with E-state index >= 15 is 0 Å². The molecule has 1 unspecified atom stereocenters. The average molecular weight is 255 g/mol. The summed E-state index contributed by atoms with van der Waals surface area (Å²) in [5.41, 5.74) is 0.386. The molecule has 1 aromatic rings. The number of nitrogens with one attached hydrogen (secondary N) is 1. The van der Waals surface area contributed by atoms with Crippen LogP contribution in [0.3, 0.4) is 0 Å². The molecule has 0 spiro atoms. The van der Waals surface area contributed by atoms with Crippen molar-refractivity contribution in [1.29, 1.82) is 0 Å². The molecule has 92 valence electrons. The minimum absolute atomic E-state index is 0.106. The summed E-state index contributed by atoms with van der Waals surface area (Å²) in [6.07, 6.45) is 1.14. The molecule has 0 bridgehead atoms. The lowest BCUT2D eigenvalue weighted by Gasteiger charge is -2.12. The molecule has 0 saturated carbocycles. The molecule has 0 aliphatic carbocycles. The summed E-state index contributed by atoms with van der Waals surface area (Å²) in [5.74, 6) is 1.36. The van der Waals surface area contributed by atoms with Gasteiger partial charge in [0.2, 0.25) is 0 Å². The number of hydrogen-bond donors (Lipinski definition) is 2. The Morgan fingerprint density at radius 2 is 2.41 bits per heavy atom. The van der Waals surface area contributed by atoms with Crippen molar-refractivity contribution in [3.05, 3.63) is 29.6 Å². The van der Waals surface area contributed by atoms with Crippen molar-refractivity contribution in [2.75, 3.05) is 23.4 Å². The van der Waals surface area contributed by atoms with Crippen molar-refractivity contribution < 1.29 is 14.3 Å². The van der Waals surface area contributed by atoms with Gasteiger partial charge in [0.15, 0.2) is 0 Å². The van der Waals surface area contributed by atoms with Crippen molar-refractivity contribution in [3.63, 3.8) is 0 Å². The van der Waals surface area contributed by atoms with E-state index in [2.05, 4.69) is 5.32 Å². The Hall–Kier alpha value is -1.23. The summed E-state index contributed by atoms with van der Waals surface area (Å²) in [6, 6.07) is 3.81. The van der Waals surface area contributed by atoms with Gasteiger partial charge in [0.1, 0.15) is 5.82 Å². The predicted octanol–water partition coefficient (Wildman–Crippen LogP) is 2.69. The molecule has 0 amide bonds. The Bertz CT molecular complexity index is 419. The van der Waals surface area contributed by atoms with Crippen molar-refractivity contribution in [1.82, 2.24) is 0 Å². The van der Waals surface area contributed by atoms with Gasteiger partial charge in [0, 0.05) is 6.54 Å². The number of aromatic carboxylic acids is 1. The van der Waals surface area contributed by atoms with Gasteiger partial charge in [-0.05, 0) is 42.0 Å². The molecule has 2 rings (SSSR count). The summed E-state index contributed by atoms with van der Waals surface area (Å²) in [5, 5.41) is 11.8. The molecule has 1 heterocycles. The summed E-state index contributed by atoms with van der Waals surface area (Å²) in [6.45, 7) is 0.701. The first-order valence-corrected chi connectivity index (χ1v) is 6.67. The minimum Gasteiger partial charge on any atom is -0.478 e. The fourth-order valence-electron chi connectivity index (χ4n) is 1.79. The zero-order valence-electron chi connectivity index (χ0n) is 9.28. The molecule has 0 aromatic heterocycles. The van der Waals surface area contributed by atoms with E-state index < -0.39 is 11.8 Å². The number of anilines is 1. The molecular weight excluding hydrogens is 241 g/mol. The van der Waals surface area contributed by atoms with Gasteiger partial charge in [0.05, 0.1) is 11.3 Å². The molecule has 1 aliphatic heterocycles. The molecule has 3 nitrogen and oxygen atoms in total. The molecule has 17 heavy (non-hydrogen) atoms. The van der Waals surface area contributed by atoms with Gasteiger partial charge in [-0.1, -0.05) is 0 Å². The lowest BCUT2D eigenvalue weighted by atomic mass is 10.1. The van der Waals surface area contributed by atoms with E-state index in [0.717, 1.165) is 17.9 Å². The van der Waals surface area contributed by atoms with E-state index in [9.17, 15) is 9.18 Å². The maximum Gasteiger partial charge on any atom is 0.335 e. The van der Waals surface area contributed by atoms with Crippen LogP contribution in [-0.2, 0) is 0 Å². The number of halogens is 1.